The van der Waals surface area contributed by atoms with Crippen molar-refractivity contribution in [2.24, 2.45) is 5.84 Å². The smallest absolute Gasteiger partial charge is 0.0710 e. The van der Waals surface area contributed by atoms with E-state index in [0.717, 1.165) is 21.7 Å². The van der Waals surface area contributed by atoms with E-state index in [1.807, 2.05) is 55.5 Å². The third-order valence-corrected chi connectivity index (χ3v) is 3.24. The molecular weight excluding hydrogens is 232 g/mol. The largest absolute Gasteiger partial charge is 0.271 e. The summed E-state index contributed by atoms with van der Waals surface area (Å²) < 4.78 is 0. The monoisotopic (exact) mass is 246 g/mol. The Kier molecular flexibility index (Phi) is 3.79. The Morgan fingerprint density at radius 2 is 1.76 bits per heavy atom. The Morgan fingerprint density at radius 1 is 1.06 bits per heavy atom. The molecule has 0 aromatic heterocycles. The summed E-state index contributed by atoms with van der Waals surface area (Å²) in [6.07, 6.45) is 0. The summed E-state index contributed by atoms with van der Waals surface area (Å²) in [6.45, 7) is 1.99. The van der Waals surface area contributed by atoms with Crippen LogP contribution in [0.4, 0.5) is 0 Å². The van der Waals surface area contributed by atoms with Gasteiger partial charge in [-0.05, 0) is 29.7 Å². The molecular formula is C14H15ClN2. The molecule has 0 saturated heterocycles. The van der Waals surface area contributed by atoms with Crippen LogP contribution in [0.3, 0.4) is 0 Å². The molecule has 0 spiro atoms. The van der Waals surface area contributed by atoms with Gasteiger partial charge in [0, 0.05) is 5.02 Å². The maximum absolute atomic E-state index is 6.13. The second-order valence-electron chi connectivity index (χ2n) is 4.02. The first kappa shape index (κ1) is 12.1. The summed E-state index contributed by atoms with van der Waals surface area (Å²) in [6, 6.07) is 16.0. The van der Waals surface area contributed by atoms with Gasteiger partial charge in [0.1, 0.15) is 0 Å². The maximum Gasteiger partial charge on any atom is 0.0710 e. The lowest BCUT2D eigenvalue weighted by Gasteiger charge is -2.17. The van der Waals surface area contributed by atoms with Crippen molar-refractivity contribution in [3.05, 3.63) is 70.2 Å². The number of benzene rings is 2. The molecule has 2 rings (SSSR count). The third kappa shape index (κ3) is 2.67. The second kappa shape index (κ2) is 5.32. The van der Waals surface area contributed by atoms with Gasteiger partial charge in [-0.1, -0.05) is 54.1 Å². The summed E-state index contributed by atoms with van der Waals surface area (Å²) in [5.41, 5.74) is 6.08. The highest BCUT2D eigenvalue weighted by Gasteiger charge is 2.12. The zero-order valence-electron chi connectivity index (χ0n) is 9.65. The van der Waals surface area contributed by atoms with Crippen LogP contribution in [0.25, 0.3) is 0 Å². The van der Waals surface area contributed by atoms with Crippen molar-refractivity contribution in [1.82, 2.24) is 5.43 Å². The molecule has 3 N–H and O–H groups in total. The molecule has 88 valence electrons. The second-order valence-corrected chi connectivity index (χ2v) is 4.43. The van der Waals surface area contributed by atoms with Gasteiger partial charge in [-0.15, -0.1) is 0 Å². The van der Waals surface area contributed by atoms with Crippen molar-refractivity contribution in [2.45, 2.75) is 13.0 Å². The van der Waals surface area contributed by atoms with Crippen LogP contribution in [0.15, 0.2) is 48.5 Å². The molecule has 0 saturated carbocycles. The van der Waals surface area contributed by atoms with Gasteiger partial charge in [-0.3, -0.25) is 5.84 Å². The Bertz CT molecular complexity index is 497. The minimum atomic E-state index is -0.0331. The van der Waals surface area contributed by atoms with Crippen LogP contribution in [0.2, 0.25) is 5.02 Å². The SMILES string of the molecule is Cc1ccc(C(NN)c2ccccc2)cc1Cl. The molecule has 3 heteroatoms. The maximum atomic E-state index is 6.13. The first-order chi connectivity index (χ1) is 8.22. The molecule has 0 bridgehead atoms. The quantitative estimate of drug-likeness (QED) is 0.645. The molecule has 0 aliphatic carbocycles. The Morgan fingerprint density at radius 3 is 2.35 bits per heavy atom. The van der Waals surface area contributed by atoms with Gasteiger partial charge in [0.2, 0.25) is 0 Å². The van der Waals surface area contributed by atoms with E-state index < -0.39 is 0 Å². The predicted octanol–water partition coefficient (Wildman–Crippen LogP) is 3.20. The number of hydrazine groups is 1. The zero-order valence-corrected chi connectivity index (χ0v) is 10.4. The van der Waals surface area contributed by atoms with Crippen LogP contribution in [-0.2, 0) is 0 Å². The van der Waals surface area contributed by atoms with E-state index in [1.54, 1.807) is 0 Å². The first-order valence-electron chi connectivity index (χ1n) is 5.49. The van der Waals surface area contributed by atoms with Crippen LogP contribution >= 0.6 is 11.6 Å². The van der Waals surface area contributed by atoms with Crippen molar-refractivity contribution >= 4 is 11.6 Å². The molecule has 0 fully saturated rings. The summed E-state index contributed by atoms with van der Waals surface area (Å²) in [7, 11) is 0. The molecule has 0 aliphatic rings. The van der Waals surface area contributed by atoms with E-state index >= 15 is 0 Å². The molecule has 1 atom stereocenters. The lowest BCUT2D eigenvalue weighted by atomic mass is 9.98. The summed E-state index contributed by atoms with van der Waals surface area (Å²) in [5, 5.41) is 0.763. The highest BCUT2D eigenvalue weighted by molar-refractivity contribution is 6.31. The van der Waals surface area contributed by atoms with Crippen LogP contribution in [-0.4, -0.2) is 0 Å². The van der Waals surface area contributed by atoms with Gasteiger partial charge in [0.25, 0.3) is 0 Å². The standard InChI is InChI=1S/C14H15ClN2/c1-10-7-8-12(9-13(10)15)14(17-16)11-5-3-2-4-6-11/h2-9,14,17H,16H2,1H3. The summed E-state index contributed by atoms with van der Waals surface area (Å²) in [5.74, 6) is 5.63. The van der Waals surface area contributed by atoms with Crippen LogP contribution in [0.1, 0.15) is 22.7 Å². The average Bonchev–Trinajstić information content (AvgIpc) is 2.36. The van der Waals surface area contributed by atoms with E-state index in [9.17, 15) is 0 Å². The summed E-state index contributed by atoms with van der Waals surface area (Å²) in [4.78, 5) is 0. The van der Waals surface area contributed by atoms with Crippen molar-refractivity contribution in [1.29, 1.82) is 0 Å². The van der Waals surface area contributed by atoms with E-state index in [-0.39, 0.29) is 6.04 Å². The zero-order chi connectivity index (χ0) is 12.3. The number of halogens is 1. The van der Waals surface area contributed by atoms with Crippen molar-refractivity contribution in [2.75, 3.05) is 0 Å². The molecule has 0 aliphatic heterocycles. The highest BCUT2D eigenvalue weighted by atomic mass is 35.5. The van der Waals surface area contributed by atoms with Crippen LogP contribution in [0, 0.1) is 6.92 Å². The van der Waals surface area contributed by atoms with Crippen molar-refractivity contribution in [3.8, 4) is 0 Å². The number of hydrogen-bond donors (Lipinski definition) is 2. The van der Waals surface area contributed by atoms with Gasteiger partial charge in [-0.2, -0.15) is 0 Å². The molecule has 1 unspecified atom stereocenters. The Labute approximate surface area is 106 Å². The fourth-order valence-corrected chi connectivity index (χ4v) is 2.01. The third-order valence-electron chi connectivity index (χ3n) is 2.83. The van der Waals surface area contributed by atoms with E-state index in [2.05, 4.69) is 5.43 Å². The fraction of sp³-hybridized carbons (Fsp3) is 0.143. The van der Waals surface area contributed by atoms with Crippen molar-refractivity contribution < 1.29 is 0 Å². The first-order valence-corrected chi connectivity index (χ1v) is 5.87. The predicted molar refractivity (Wildman–Crippen MR) is 71.8 cm³/mol. The number of nitrogens with two attached hydrogens (primary N) is 1. The van der Waals surface area contributed by atoms with Crippen LogP contribution in [0.5, 0.6) is 0 Å². The van der Waals surface area contributed by atoms with Gasteiger partial charge in [-0.25, -0.2) is 5.43 Å². The molecule has 2 aromatic carbocycles. The molecule has 0 amide bonds. The Balaban J connectivity index is 2.39. The summed E-state index contributed by atoms with van der Waals surface area (Å²) >= 11 is 6.13. The van der Waals surface area contributed by atoms with E-state index in [4.69, 9.17) is 17.4 Å². The topological polar surface area (TPSA) is 38.0 Å². The fourth-order valence-electron chi connectivity index (χ4n) is 1.82. The molecule has 0 heterocycles. The number of rotatable bonds is 3. The van der Waals surface area contributed by atoms with Crippen molar-refractivity contribution in [3.63, 3.8) is 0 Å². The lowest BCUT2D eigenvalue weighted by Crippen LogP contribution is -2.28. The number of nitrogens with one attached hydrogen (secondary N) is 1. The minimum absolute atomic E-state index is 0.0331. The molecule has 17 heavy (non-hydrogen) atoms. The average molecular weight is 247 g/mol. The van der Waals surface area contributed by atoms with Gasteiger partial charge in [0.05, 0.1) is 6.04 Å². The molecule has 2 nitrogen and oxygen atoms in total. The minimum Gasteiger partial charge on any atom is -0.271 e. The molecule has 2 aromatic rings. The van der Waals surface area contributed by atoms with E-state index in [1.165, 1.54) is 0 Å². The van der Waals surface area contributed by atoms with Gasteiger partial charge in [0.15, 0.2) is 0 Å². The number of hydrogen-bond acceptors (Lipinski definition) is 2. The Hall–Kier alpha value is -1.35. The van der Waals surface area contributed by atoms with Crippen LogP contribution < -0.4 is 11.3 Å². The lowest BCUT2D eigenvalue weighted by molar-refractivity contribution is 0.637. The van der Waals surface area contributed by atoms with Gasteiger partial charge < -0.3 is 0 Å². The highest BCUT2D eigenvalue weighted by Crippen LogP contribution is 2.25. The number of aryl methyl sites for hydroxylation is 1. The van der Waals surface area contributed by atoms with E-state index in [0.29, 0.717) is 0 Å². The van der Waals surface area contributed by atoms with Gasteiger partial charge >= 0.3 is 0 Å². The molecule has 0 radical (unpaired) electrons. The normalized spacial score (nSPS) is 12.4.